The van der Waals surface area contributed by atoms with Crippen molar-refractivity contribution in [3.8, 4) is 0 Å². The molecule has 0 saturated carbocycles. The second-order valence-electron chi connectivity index (χ2n) is 5.66. The highest BCUT2D eigenvalue weighted by Crippen LogP contribution is 2.21. The van der Waals surface area contributed by atoms with Gasteiger partial charge in [0.05, 0.1) is 0 Å². The minimum absolute atomic E-state index is 0. The van der Waals surface area contributed by atoms with E-state index in [2.05, 4.69) is 73.9 Å². The second kappa shape index (κ2) is 8.11. The number of nitrogens with one attached hydrogen (secondary N) is 1. The van der Waals surface area contributed by atoms with Gasteiger partial charge in [-0.05, 0) is 67.6 Å². The van der Waals surface area contributed by atoms with Crippen molar-refractivity contribution in [2.75, 3.05) is 0 Å². The molecule has 0 bridgehead atoms. The van der Waals surface area contributed by atoms with Crippen LogP contribution in [-0.4, -0.2) is 15.9 Å². The van der Waals surface area contributed by atoms with E-state index in [9.17, 15) is 0 Å². The Hall–Kier alpha value is -1.88. The van der Waals surface area contributed by atoms with E-state index in [1.807, 2.05) is 0 Å². The molecule has 0 aliphatic rings. The van der Waals surface area contributed by atoms with Crippen LogP contribution in [0.1, 0.15) is 27.8 Å². The van der Waals surface area contributed by atoms with Gasteiger partial charge in [-0.3, -0.25) is 0 Å². The highest BCUT2D eigenvalue weighted by Gasteiger charge is 2.14. The number of nitrogens with zero attached hydrogens (tertiary/aromatic N) is 1. The van der Waals surface area contributed by atoms with E-state index in [-0.39, 0.29) is 23.4 Å². The average molecular weight is 337 g/mol. The van der Waals surface area contributed by atoms with Gasteiger partial charge in [0, 0.05) is 0 Å². The Morgan fingerprint density at radius 3 is 2.09 bits per heavy atom. The van der Waals surface area contributed by atoms with Gasteiger partial charge in [0.15, 0.2) is 11.0 Å². The summed E-state index contributed by atoms with van der Waals surface area (Å²) >= 11 is 0. The molecule has 3 rings (SSSR count). The molecule has 0 saturated heterocycles. The first-order chi connectivity index (χ1) is 9.58. The number of imidazole rings is 1. The van der Waals surface area contributed by atoms with Gasteiger partial charge in [-0.1, -0.05) is 18.2 Å². The quantitative estimate of drug-likeness (QED) is 0.588. The van der Waals surface area contributed by atoms with E-state index < -0.39 is 0 Å². The van der Waals surface area contributed by atoms with Crippen LogP contribution in [0, 0.1) is 27.7 Å². The highest BCUT2D eigenvalue weighted by atomic mass is 35.5. The van der Waals surface area contributed by atoms with E-state index in [0.29, 0.717) is 0 Å². The van der Waals surface area contributed by atoms with Crippen molar-refractivity contribution in [3.05, 3.63) is 64.5 Å². The van der Waals surface area contributed by atoms with Crippen LogP contribution in [0.2, 0.25) is 0 Å². The van der Waals surface area contributed by atoms with Crippen LogP contribution in [0.25, 0.3) is 11.0 Å². The highest BCUT2D eigenvalue weighted by molar-refractivity contribution is 5.70. The molecule has 0 amide bonds. The first kappa shape index (κ1) is 21.1. The van der Waals surface area contributed by atoms with Crippen LogP contribution < -0.4 is 17.0 Å². The first-order valence-corrected chi connectivity index (χ1v) is 7.09. The number of halogens is 1. The third-order valence-corrected chi connectivity index (χ3v) is 4.44. The number of hydrogen-bond donors (Lipinski definition) is 1. The Kier molecular flexibility index (Phi) is 7.44. The molecule has 0 fully saturated rings. The largest absolute Gasteiger partial charge is 1.00 e. The maximum Gasteiger partial charge on any atom is 0.242 e. The number of hydrogen-bond acceptors (Lipinski definition) is 0. The molecule has 126 valence electrons. The van der Waals surface area contributed by atoms with Gasteiger partial charge in [-0.15, -0.1) is 0 Å². The molecule has 3 aromatic rings. The standard InChI is InChI=1S/C18H20N2.ClH.2H2O/c1-12-9-13(2)15(4)16(14(12)3)10-20-11-19-17-7-5-6-8-18(17)20;;;/h5-9,11H,10H2,1-4H3;1H;2*1H2. The predicted molar refractivity (Wildman–Crippen MR) is 90.2 cm³/mol. The maximum atomic E-state index is 3.34. The van der Waals surface area contributed by atoms with E-state index in [1.165, 1.54) is 38.9 Å². The first-order valence-electron chi connectivity index (χ1n) is 7.09. The third kappa shape index (κ3) is 3.72. The summed E-state index contributed by atoms with van der Waals surface area (Å²) < 4.78 is 2.30. The Morgan fingerprint density at radius 1 is 0.913 bits per heavy atom. The summed E-state index contributed by atoms with van der Waals surface area (Å²) in [5.41, 5.74) is 9.46. The number of rotatable bonds is 2. The Bertz CT molecular complexity index is 771. The molecule has 2 aromatic carbocycles. The van der Waals surface area contributed by atoms with Crippen LogP contribution in [0.15, 0.2) is 36.7 Å². The molecular formula is C18H25ClN2O2. The molecule has 0 atom stereocenters. The van der Waals surface area contributed by atoms with E-state index in [1.54, 1.807) is 0 Å². The second-order valence-corrected chi connectivity index (χ2v) is 5.66. The Balaban J connectivity index is 0.00000161. The number of fused-ring (bicyclic) bond motifs is 1. The average Bonchev–Trinajstić information content (AvgIpc) is 2.85. The van der Waals surface area contributed by atoms with Crippen molar-refractivity contribution in [1.82, 2.24) is 4.98 Å². The molecule has 1 aromatic heterocycles. The lowest BCUT2D eigenvalue weighted by Gasteiger charge is -2.14. The lowest BCUT2D eigenvalue weighted by Crippen LogP contribution is -3.00. The minimum Gasteiger partial charge on any atom is -1.00 e. The van der Waals surface area contributed by atoms with E-state index in [0.717, 1.165) is 6.54 Å². The fourth-order valence-electron chi connectivity index (χ4n) is 2.90. The summed E-state index contributed by atoms with van der Waals surface area (Å²) in [5.74, 6) is 0. The zero-order chi connectivity index (χ0) is 14.3. The van der Waals surface area contributed by atoms with Gasteiger partial charge in [-0.2, -0.15) is 0 Å². The van der Waals surface area contributed by atoms with Crippen molar-refractivity contribution in [2.24, 2.45) is 0 Å². The number of aromatic amines is 1. The van der Waals surface area contributed by atoms with Crippen LogP contribution in [0.4, 0.5) is 0 Å². The van der Waals surface area contributed by atoms with Crippen molar-refractivity contribution >= 4 is 11.0 Å². The van der Waals surface area contributed by atoms with Crippen molar-refractivity contribution in [1.29, 1.82) is 0 Å². The fourth-order valence-corrected chi connectivity index (χ4v) is 2.90. The number of aryl methyl sites for hydroxylation is 2. The van der Waals surface area contributed by atoms with Gasteiger partial charge in [0.2, 0.25) is 6.33 Å². The third-order valence-electron chi connectivity index (χ3n) is 4.44. The smallest absolute Gasteiger partial charge is 0.242 e. The molecule has 0 aliphatic carbocycles. The zero-order valence-corrected chi connectivity index (χ0v) is 14.8. The molecular weight excluding hydrogens is 312 g/mol. The van der Waals surface area contributed by atoms with Gasteiger partial charge in [-0.25, -0.2) is 9.55 Å². The van der Waals surface area contributed by atoms with Gasteiger partial charge >= 0.3 is 0 Å². The van der Waals surface area contributed by atoms with Crippen LogP contribution >= 0.6 is 0 Å². The summed E-state index contributed by atoms with van der Waals surface area (Å²) in [6.45, 7) is 9.78. The van der Waals surface area contributed by atoms with Crippen LogP contribution in [-0.2, 0) is 6.54 Å². The van der Waals surface area contributed by atoms with Gasteiger partial charge < -0.3 is 23.4 Å². The normalized spacial score (nSPS) is 9.74. The molecule has 0 spiro atoms. The molecule has 1 heterocycles. The van der Waals surface area contributed by atoms with Gasteiger partial charge in [0.25, 0.3) is 0 Å². The van der Waals surface area contributed by atoms with Crippen molar-refractivity contribution in [2.45, 2.75) is 34.2 Å². The van der Waals surface area contributed by atoms with Crippen LogP contribution in [0.5, 0.6) is 0 Å². The van der Waals surface area contributed by atoms with E-state index in [4.69, 9.17) is 0 Å². The maximum absolute atomic E-state index is 3.34. The summed E-state index contributed by atoms with van der Waals surface area (Å²) in [4.78, 5) is 3.34. The zero-order valence-electron chi connectivity index (χ0n) is 14.0. The number of H-pyrrole nitrogens is 1. The SMILES string of the molecule is Cc1cc(C)c(C)c(C[n+]2c[nH]c3ccccc32)c1C.O.O.[Cl-]. The number of benzene rings is 2. The molecule has 0 aliphatic heterocycles. The number of para-hydroxylation sites is 2. The summed E-state index contributed by atoms with van der Waals surface area (Å²) in [5, 5.41) is 0. The lowest BCUT2D eigenvalue weighted by molar-refractivity contribution is -0.662. The summed E-state index contributed by atoms with van der Waals surface area (Å²) in [6, 6.07) is 10.7. The molecule has 0 radical (unpaired) electrons. The predicted octanol–water partition coefficient (Wildman–Crippen LogP) is -0.908. The van der Waals surface area contributed by atoms with Crippen molar-refractivity contribution in [3.63, 3.8) is 0 Å². The Labute approximate surface area is 143 Å². The minimum atomic E-state index is 0. The van der Waals surface area contributed by atoms with Crippen LogP contribution in [0.3, 0.4) is 0 Å². The van der Waals surface area contributed by atoms with Crippen molar-refractivity contribution < 1.29 is 27.9 Å². The Morgan fingerprint density at radius 2 is 1.48 bits per heavy atom. The molecule has 5 N–H and O–H groups in total. The summed E-state index contributed by atoms with van der Waals surface area (Å²) in [7, 11) is 0. The lowest BCUT2D eigenvalue weighted by atomic mass is 9.94. The fraction of sp³-hybridized carbons (Fsp3) is 0.278. The topological polar surface area (TPSA) is 82.7 Å². The van der Waals surface area contributed by atoms with Gasteiger partial charge in [0.1, 0.15) is 6.54 Å². The molecule has 0 unspecified atom stereocenters. The summed E-state index contributed by atoms with van der Waals surface area (Å²) in [6.07, 6.45) is 2.07. The molecule has 23 heavy (non-hydrogen) atoms. The number of aromatic nitrogens is 2. The molecule has 5 heteroatoms. The monoisotopic (exact) mass is 336 g/mol. The van der Waals surface area contributed by atoms with E-state index >= 15 is 0 Å². The molecule has 4 nitrogen and oxygen atoms in total.